The summed E-state index contributed by atoms with van der Waals surface area (Å²) in [4.78, 5) is 105. The van der Waals surface area contributed by atoms with Crippen molar-refractivity contribution in [2.75, 3.05) is 36.6 Å². The van der Waals surface area contributed by atoms with Gasteiger partial charge in [0.2, 0.25) is 29.0 Å². The fraction of sp³-hybridized carbons (Fsp3) is 0.321. The minimum absolute atomic E-state index is 0. The molecular weight excluding hydrogens is 793 g/mol. The number of phenols is 2. The average Bonchev–Trinajstić information content (AvgIpc) is 3.59. The van der Waals surface area contributed by atoms with Crippen molar-refractivity contribution in [3.8, 4) is 11.5 Å². The zero-order valence-corrected chi connectivity index (χ0v) is 32.6. The standard InChI is InChI=1S/C28H26ClN9O11S3.Na/c1-2-36-5-6-37(22(45)21(36)44)27(49)32-16(11-3-4-13(40)14(41)7-11)19(43)33-28(30-10-39)24(48)38-17(23(46)47)12(9-51-25(28)38)18(50)20-34-35-26(52-20)31-15(42)8-29;/h3-4,7,10,16,25,40-41H,2,5-6,8-9H2,1H3,(H,30,39)(H,32,49)(H,33,43)(H,46,47)(H,31,35,42);/q;+1/p-1/t16?,25-,28+;/m0./s1. The third-order valence-electron chi connectivity index (χ3n) is 7.93. The van der Waals surface area contributed by atoms with Gasteiger partial charge < -0.3 is 41.0 Å². The Morgan fingerprint density at radius 3 is 2.49 bits per heavy atom. The maximum atomic E-state index is 14.0. The Balaban J connectivity index is 0.00000627. The molecule has 2 fully saturated rings. The Morgan fingerprint density at radius 2 is 1.87 bits per heavy atom. The molecule has 3 aliphatic rings. The number of alkyl halides is 1. The molecule has 0 saturated carbocycles. The van der Waals surface area contributed by atoms with E-state index in [4.69, 9.17) is 23.8 Å². The first-order valence-corrected chi connectivity index (χ1v) is 17.6. The predicted molar refractivity (Wildman–Crippen MR) is 181 cm³/mol. The van der Waals surface area contributed by atoms with Crippen LogP contribution in [0.1, 0.15) is 23.5 Å². The minimum Gasteiger partial charge on any atom is -0.543 e. The Morgan fingerprint density at radius 1 is 1.15 bits per heavy atom. The van der Waals surface area contributed by atoms with Crippen LogP contribution in [-0.4, -0.2) is 130 Å². The van der Waals surface area contributed by atoms with Gasteiger partial charge in [-0.25, -0.2) is 4.79 Å². The Kier molecular flexibility index (Phi) is 13.1. The van der Waals surface area contributed by atoms with Crippen LogP contribution in [0.3, 0.4) is 0 Å². The number of likely N-dealkylation sites (N-methyl/N-ethyl adjacent to an activating group) is 1. The first kappa shape index (κ1) is 41.4. The monoisotopic (exact) mass is 817 g/mol. The molecule has 0 aliphatic carbocycles. The van der Waals surface area contributed by atoms with E-state index in [0.717, 1.165) is 46.2 Å². The largest absolute Gasteiger partial charge is 1.00 e. The molecule has 0 spiro atoms. The number of aromatic hydroxyl groups is 2. The van der Waals surface area contributed by atoms with Crippen LogP contribution in [0.15, 0.2) is 29.5 Å². The summed E-state index contributed by atoms with van der Waals surface area (Å²) in [5.41, 5.74) is -3.27. The van der Waals surface area contributed by atoms with Gasteiger partial charge in [0.05, 0.1) is 16.5 Å². The molecule has 53 heavy (non-hydrogen) atoms. The van der Waals surface area contributed by atoms with Gasteiger partial charge in [0.1, 0.15) is 17.3 Å². The van der Waals surface area contributed by atoms with Gasteiger partial charge >= 0.3 is 47.4 Å². The van der Waals surface area contributed by atoms with Gasteiger partial charge in [0, 0.05) is 31.0 Å². The summed E-state index contributed by atoms with van der Waals surface area (Å²) in [5, 5.41) is 48.0. The van der Waals surface area contributed by atoms with Crippen LogP contribution in [0, 0.1) is 0 Å². The molecule has 5 rings (SSSR count). The fourth-order valence-electron chi connectivity index (χ4n) is 5.40. The molecule has 6 N–H and O–H groups in total. The summed E-state index contributed by atoms with van der Waals surface area (Å²) in [6.45, 7) is 1.61. The number of fused-ring (bicyclic) bond motifs is 1. The number of hydrogen-bond donors (Lipinski definition) is 6. The molecule has 25 heteroatoms. The van der Waals surface area contributed by atoms with E-state index in [1.807, 2.05) is 0 Å². The second kappa shape index (κ2) is 16.7. The summed E-state index contributed by atoms with van der Waals surface area (Å²) >= 11 is 12.6. The number of piperazine rings is 1. The van der Waals surface area contributed by atoms with Crippen LogP contribution in [0.5, 0.6) is 11.5 Å². The smallest absolute Gasteiger partial charge is 0.543 e. The SMILES string of the molecule is CCN1CCN(C(=O)NC(C(=O)N[C@]2(NC=O)C(=O)N3C(C(=O)[O-])=C(C(=S)c4nnc(NC(=O)CCl)s4)CS[C@H]32)c2ccc(O)c(O)c2)C(=O)C1=O.[Na+]. The Labute approximate surface area is 338 Å². The van der Waals surface area contributed by atoms with Gasteiger partial charge in [-0.1, -0.05) is 29.6 Å². The van der Waals surface area contributed by atoms with Gasteiger partial charge in [0.15, 0.2) is 16.5 Å². The van der Waals surface area contributed by atoms with E-state index in [9.17, 15) is 53.7 Å². The summed E-state index contributed by atoms with van der Waals surface area (Å²) in [5.74, 6) is -8.82. The number of rotatable bonds is 12. The number of carbonyl (C=O) groups excluding carboxylic acids is 8. The van der Waals surface area contributed by atoms with E-state index in [-0.39, 0.29) is 93.4 Å². The van der Waals surface area contributed by atoms with Crippen molar-refractivity contribution in [3.05, 3.63) is 40.0 Å². The summed E-state index contributed by atoms with van der Waals surface area (Å²) in [6, 6.07) is 0.00522. The number of urea groups is 1. The van der Waals surface area contributed by atoms with Gasteiger partial charge in [-0.2, -0.15) is 0 Å². The van der Waals surface area contributed by atoms with E-state index >= 15 is 0 Å². The molecule has 3 aliphatic heterocycles. The number of phenolic OH excluding ortho intramolecular Hbond substituents is 2. The molecule has 3 atom stereocenters. The van der Waals surface area contributed by atoms with Crippen molar-refractivity contribution in [1.82, 2.24) is 40.8 Å². The number of carboxylic acids is 1. The van der Waals surface area contributed by atoms with Crippen LogP contribution in [-0.2, 0) is 33.6 Å². The van der Waals surface area contributed by atoms with Crippen molar-refractivity contribution in [1.29, 1.82) is 0 Å². The van der Waals surface area contributed by atoms with E-state index in [0.29, 0.717) is 4.90 Å². The third kappa shape index (κ3) is 7.81. The molecule has 4 heterocycles. The first-order chi connectivity index (χ1) is 24.7. The van der Waals surface area contributed by atoms with E-state index in [1.165, 1.54) is 4.90 Å². The number of halogens is 1. The number of amides is 8. The number of anilines is 1. The number of hydrogen-bond acceptors (Lipinski definition) is 16. The summed E-state index contributed by atoms with van der Waals surface area (Å²) < 4.78 is 0. The van der Waals surface area contributed by atoms with Gasteiger partial charge in [0.25, 0.3) is 5.91 Å². The van der Waals surface area contributed by atoms with Gasteiger partial charge in [-0.05, 0) is 24.6 Å². The number of β-lactam (4-membered cyclic amide) rings is 1. The number of imide groups is 1. The normalized spacial score (nSPS) is 20.0. The van der Waals surface area contributed by atoms with Crippen LogP contribution in [0.2, 0.25) is 0 Å². The molecule has 0 bridgehead atoms. The van der Waals surface area contributed by atoms with Crippen LogP contribution in [0.25, 0.3) is 0 Å². The van der Waals surface area contributed by atoms with Crippen molar-refractivity contribution in [3.63, 3.8) is 0 Å². The molecule has 274 valence electrons. The van der Waals surface area contributed by atoms with Crippen molar-refractivity contribution >= 4 is 105 Å². The number of aromatic nitrogens is 2. The van der Waals surface area contributed by atoms with Crippen LogP contribution < -0.4 is 55.9 Å². The molecule has 1 unspecified atom stereocenters. The van der Waals surface area contributed by atoms with Crippen LogP contribution >= 0.6 is 46.9 Å². The average molecular weight is 818 g/mol. The Bertz CT molecular complexity index is 1970. The molecule has 2 saturated heterocycles. The zero-order chi connectivity index (χ0) is 38.1. The maximum absolute atomic E-state index is 14.0. The predicted octanol–water partition coefficient (Wildman–Crippen LogP) is -5.53. The topological polar surface area (TPSA) is 284 Å². The van der Waals surface area contributed by atoms with Gasteiger partial charge in [-0.15, -0.1) is 33.6 Å². The van der Waals surface area contributed by atoms with Crippen molar-refractivity contribution in [2.45, 2.75) is 24.0 Å². The summed E-state index contributed by atoms with van der Waals surface area (Å²) in [7, 11) is 0. The molecular formula is C28H25ClN9NaO11S3. The molecule has 1 aromatic carbocycles. The number of thioether (sulfide) groups is 1. The number of carboxylic acid groups (broad SMARTS) is 1. The van der Waals surface area contributed by atoms with E-state index in [1.54, 1.807) is 6.92 Å². The summed E-state index contributed by atoms with van der Waals surface area (Å²) in [6.07, 6.45) is 0.0774. The van der Waals surface area contributed by atoms with E-state index in [2.05, 4.69) is 31.5 Å². The fourth-order valence-corrected chi connectivity index (χ4v) is 8.05. The third-order valence-corrected chi connectivity index (χ3v) is 10.9. The second-order valence-electron chi connectivity index (χ2n) is 10.9. The number of carbonyl (C=O) groups is 8. The van der Waals surface area contributed by atoms with E-state index < -0.39 is 75.8 Å². The van der Waals surface area contributed by atoms with Crippen molar-refractivity contribution < 1.29 is 83.2 Å². The number of nitrogens with zero attached hydrogens (tertiary/aromatic N) is 5. The Hall–Kier alpha value is -4.39. The molecule has 8 amide bonds. The second-order valence-corrected chi connectivity index (χ2v) is 13.6. The number of nitrogens with one attached hydrogen (secondary N) is 4. The molecule has 0 radical (unpaired) electrons. The minimum atomic E-state index is -2.32. The van der Waals surface area contributed by atoms with Crippen molar-refractivity contribution in [2.24, 2.45) is 0 Å². The zero-order valence-electron chi connectivity index (χ0n) is 27.4. The maximum Gasteiger partial charge on any atom is 1.00 e. The van der Waals surface area contributed by atoms with Crippen LogP contribution in [0.4, 0.5) is 9.93 Å². The first-order valence-electron chi connectivity index (χ1n) is 14.8. The molecule has 2 aromatic rings. The number of aliphatic carboxylic acids is 1. The van der Waals surface area contributed by atoms with Gasteiger partial charge in [-0.3, -0.25) is 43.9 Å². The molecule has 20 nitrogen and oxygen atoms in total. The number of thiocarbonyl (C=S) groups is 1. The quantitative estimate of drug-likeness (QED) is 0.0134. The number of benzene rings is 1. The molecule has 1 aromatic heterocycles.